The van der Waals surface area contributed by atoms with Gasteiger partial charge in [0.25, 0.3) is 5.91 Å². The van der Waals surface area contributed by atoms with Crippen LogP contribution in [0.3, 0.4) is 0 Å². The van der Waals surface area contributed by atoms with E-state index < -0.39 is 44.1 Å². The Morgan fingerprint density at radius 3 is 2.74 bits per heavy atom. The number of hydrogen-bond donors (Lipinski definition) is 1. The van der Waals surface area contributed by atoms with Crippen molar-refractivity contribution < 1.29 is 31.5 Å². The standard InChI is InChI=1S/C27H24F2N4O5S/c1-3-17-5-6-19(27(32-17)37-2)21-7-4-15-13-30-18(12-22(15)33-21)14-31-26(34)16-10-20(28)25-23(11-16)39(35,36)24(29)8-9-38-25/h4-7,10-13,24H,3,8-9,14H2,1-2H3,(H,31,34)/t24-/m1/s1. The van der Waals surface area contributed by atoms with Gasteiger partial charge in [-0.2, -0.15) is 0 Å². The van der Waals surface area contributed by atoms with Crippen molar-refractivity contribution >= 4 is 26.6 Å². The summed E-state index contributed by atoms with van der Waals surface area (Å²) in [5.74, 6) is -1.95. The SMILES string of the molecule is CCc1ccc(-c2ccc3cnc(CNC(=O)c4cc(F)c5c(c4)S(=O)(=O)[C@@H](F)CCO5)cc3n2)c(OC)n1. The number of alkyl halides is 1. The molecule has 0 bridgehead atoms. The molecule has 12 heteroatoms. The third-order valence-electron chi connectivity index (χ3n) is 6.32. The molecule has 1 N–H and O–H groups in total. The average Bonchev–Trinajstić information content (AvgIpc) is 3.06. The summed E-state index contributed by atoms with van der Waals surface area (Å²) in [5.41, 5.74) is 0.791. The number of fused-ring (bicyclic) bond motifs is 2. The molecule has 1 amide bonds. The lowest BCUT2D eigenvalue weighted by atomic mass is 10.1. The lowest BCUT2D eigenvalue weighted by Crippen LogP contribution is -2.24. The number of nitrogens with zero attached hydrogens (tertiary/aromatic N) is 3. The zero-order valence-electron chi connectivity index (χ0n) is 21.1. The van der Waals surface area contributed by atoms with Gasteiger partial charge in [-0.1, -0.05) is 6.92 Å². The Balaban J connectivity index is 1.39. The van der Waals surface area contributed by atoms with Crippen LogP contribution in [0.2, 0.25) is 0 Å². The van der Waals surface area contributed by atoms with Crippen LogP contribution in [0.5, 0.6) is 11.6 Å². The number of benzene rings is 1. The number of hydrogen-bond acceptors (Lipinski definition) is 8. The van der Waals surface area contributed by atoms with Crippen molar-refractivity contribution in [2.24, 2.45) is 0 Å². The maximum atomic E-state index is 14.6. The molecule has 0 unspecified atom stereocenters. The first-order chi connectivity index (χ1) is 18.7. The van der Waals surface area contributed by atoms with Gasteiger partial charge in [0, 0.05) is 29.3 Å². The second kappa shape index (κ2) is 10.5. The molecule has 5 rings (SSSR count). The van der Waals surface area contributed by atoms with Crippen molar-refractivity contribution in [1.82, 2.24) is 20.3 Å². The second-order valence-electron chi connectivity index (χ2n) is 8.84. The average molecular weight is 555 g/mol. The van der Waals surface area contributed by atoms with Crippen molar-refractivity contribution in [2.45, 2.75) is 36.7 Å². The molecule has 0 spiro atoms. The highest BCUT2D eigenvalue weighted by atomic mass is 32.2. The van der Waals surface area contributed by atoms with Crippen LogP contribution >= 0.6 is 0 Å². The van der Waals surface area contributed by atoms with E-state index in [1.54, 1.807) is 19.4 Å². The summed E-state index contributed by atoms with van der Waals surface area (Å²) in [6.07, 6.45) is 1.94. The molecule has 9 nitrogen and oxygen atoms in total. The summed E-state index contributed by atoms with van der Waals surface area (Å²) in [6.45, 7) is 1.65. The molecule has 202 valence electrons. The molecule has 3 aromatic heterocycles. The van der Waals surface area contributed by atoms with Gasteiger partial charge in [-0.05, 0) is 48.9 Å². The number of carbonyl (C=O) groups excluding carboxylic acids is 1. The number of methoxy groups -OCH3 is 1. The molecule has 39 heavy (non-hydrogen) atoms. The lowest BCUT2D eigenvalue weighted by Gasteiger charge is -2.12. The molecular formula is C27H24F2N4O5S. The van der Waals surface area contributed by atoms with Crippen LogP contribution in [0.1, 0.15) is 35.1 Å². The van der Waals surface area contributed by atoms with Gasteiger partial charge >= 0.3 is 0 Å². The zero-order valence-corrected chi connectivity index (χ0v) is 21.9. The number of nitrogens with one attached hydrogen (secondary N) is 1. The lowest BCUT2D eigenvalue weighted by molar-refractivity contribution is 0.0949. The molecular weight excluding hydrogens is 530 g/mol. The van der Waals surface area contributed by atoms with Gasteiger partial charge in [0.05, 0.1) is 42.7 Å². The number of aromatic nitrogens is 3. The number of carbonyl (C=O) groups is 1. The molecule has 1 aliphatic heterocycles. The number of halogens is 2. The number of pyridine rings is 3. The highest BCUT2D eigenvalue weighted by Crippen LogP contribution is 2.35. The first-order valence-corrected chi connectivity index (χ1v) is 13.7. The maximum Gasteiger partial charge on any atom is 0.251 e. The van der Waals surface area contributed by atoms with Gasteiger partial charge in [-0.3, -0.25) is 9.78 Å². The molecule has 1 atom stereocenters. The smallest absolute Gasteiger partial charge is 0.251 e. The minimum Gasteiger partial charge on any atom is -0.489 e. The van der Waals surface area contributed by atoms with E-state index in [1.165, 1.54) is 0 Å². The van der Waals surface area contributed by atoms with Crippen molar-refractivity contribution in [3.05, 3.63) is 71.4 Å². The Morgan fingerprint density at radius 1 is 1.15 bits per heavy atom. The monoisotopic (exact) mass is 554 g/mol. The summed E-state index contributed by atoms with van der Waals surface area (Å²) >= 11 is 0. The van der Waals surface area contributed by atoms with E-state index in [0.29, 0.717) is 22.8 Å². The first kappa shape index (κ1) is 26.4. The normalized spacial score (nSPS) is 16.2. The van der Waals surface area contributed by atoms with E-state index >= 15 is 0 Å². The largest absolute Gasteiger partial charge is 0.489 e. The minimum absolute atomic E-state index is 0.0511. The van der Waals surface area contributed by atoms with E-state index in [1.807, 2.05) is 31.2 Å². The Kier molecular flexibility index (Phi) is 7.13. The van der Waals surface area contributed by atoms with Gasteiger partial charge in [0.2, 0.25) is 21.2 Å². The van der Waals surface area contributed by atoms with Crippen LogP contribution in [-0.4, -0.2) is 48.5 Å². The van der Waals surface area contributed by atoms with Gasteiger partial charge < -0.3 is 14.8 Å². The highest BCUT2D eigenvalue weighted by molar-refractivity contribution is 7.92. The van der Waals surface area contributed by atoms with Crippen molar-refractivity contribution in [2.75, 3.05) is 13.7 Å². The van der Waals surface area contributed by atoms with Crippen LogP contribution in [0.15, 0.2) is 53.6 Å². The Bertz CT molecular complexity index is 1700. The van der Waals surface area contributed by atoms with Crippen LogP contribution < -0.4 is 14.8 Å². The third-order valence-corrected chi connectivity index (χ3v) is 8.14. The first-order valence-electron chi connectivity index (χ1n) is 12.1. The molecule has 4 aromatic rings. The predicted octanol–water partition coefficient (Wildman–Crippen LogP) is 4.18. The summed E-state index contributed by atoms with van der Waals surface area (Å²) in [6, 6.07) is 11.0. The zero-order chi connectivity index (χ0) is 27.7. The van der Waals surface area contributed by atoms with E-state index in [4.69, 9.17) is 14.5 Å². The summed E-state index contributed by atoms with van der Waals surface area (Å²) in [7, 11) is -2.96. The molecule has 0 fully saturated rings. The van der Waals surface area contributed by atoms with Crippen LogP contribution in [0, 0.1) is 5.82 Å². The number of rotatable bonds is 6. The Hall–Kier alpha value is -4.19. The summed E-state index contributed by atoms with van der Waals surface area (Å²) < 4.78 is 64.3. The van der Waals surface area contributed by atoms with E-state index in [9.17, 15) is 22.0 Å². The van der Waals surface area contributed by atoms with Crippen molar-refractivity contribution in [3.8, 4) is 22.9 Å². The van der Waals surface area contributed by atoms with E-state index in [-0.39, 0.29) is 18.7 Å². The highest BCUT2D eigenvalue weighted by Gasteiger charge is 2.35. The molecule has 1 aliphatic rings. The second-order valence-corrected chi connectivity index (χ2v) is 10.9. The fourth-order valence-electron chi connectivity index (χ4n) is 4.20. The van der Waals surface area contributed by atoms with Gasteiger partial charge in [-0.15, -0.1) is 0 Å². The number of sulfone groups is 1. The Labute approximate surface area is 223 Å². The van der Waals surface area contributed by atoms with Crippen molar-refractivity contribution in [3.63, 3.8) is 0 Å². The quantitative estimate of drug-likeness (QED) is 0.377. The van der Waals surface area contributed by atoms with Crippen LogP contribution in [0.4, 0.5) is 8.78 Å². The molecule has 4 heterocycles. The number of amides is 1. The maximum absolute atomic E-state index is 14.6. The summed E-state index contributed by atoms with van der Waals surface area (Å²) in [5, 5.41) is 3.36. The number of aryl methyl sites for hydroxylation is 1. The van der Waals surface area contributed by atoms with Crippen LogP contribution in [0.25, 0.3) is 22.2 Å². The molecule has 0 saturated heterocycles. The molecule has 1 aromatic carbocycles. The molecule has 0 radical (unpaired) electrons. The number of ether oxygens (including phenoxy) is 2. The van der Waals surface area contributed by atoms with Gasteiger partial charge in [-0.25, -0.2) is 27.2 Å². The van der Waals surface area contributed by atoms with Gasteiger partial charge in [0.1, 0.15) is 4.90 Å². The van der Waals surface area contributed by atoms with E-state index in [2.05, 4.69) is 15.3 Å². The fourth-order valence-corrected chi connectivity index (χ4v) is 5.59. The molecule has 0 aliphatic carbocycles. The fraction of sp³-hybridized carbons (Fsp3) is 0.259. The van der Waals surface area contributed by atoms with Crippen molar-refractivity contribution in [1.29, 1.82) is 0 Å². The van der Waals surface area contributed by atoms with Crippen LogP contribution in [-0.2, 0) is 22.8 Å². The topological polar surface area (TPSA) is 120 Å². The van der Waals surface area contributed by atoms with E-state index in [0.717, 1.165) is 35.2 Å². The predicted molar refractivity (Wildman–Crippen MR) is 138 cm³/mol. The molecule has 0 saturated carbocycles. The third kappa shape index (κ3) is 5.11. The Morgan fingerprint density at radius 2 is 1.97 bits per heavy atom. The minimum atomic E-state index is -4.51. The summed E-state index contributed by atoms with van der Waals surface area (Å²) in [4.78, 5) is 25.6. The van der Waals surface area contributed by atoms with Gasteiger partial charge in [0.15, 0.2) is 11.6 Å².